The zero-order valence-corrected chi connectivity index (χ0v) is 32.4. The molecule has 0 N–H and O–H groups in total. The monoisotopic (exact) mass is 753 g/mol. The smallest absolute Gasteiger partial charge is 0.124 e. The van der Waals surface area contributed by atoms with Gasteiger partial charge in [0.25, 0.3) is 0 Å². The minimum absolute atomic E-state index is 0.480. The summed E-state index contributed by atoms with van der Waals surface area (Å²) in [6, 6.07) is 78.3. The fourth-order valence-corrected chi connectivity index (χ4v) is 10.9. The van der Waals surface area contributed by atoms with Crippen molar-refractivity contribution in [2.24, 2.45) is 0 Å². The lowest BCUT2D eigenvalue weighted by Crippen LogP contribution is -2.28. The third kappa shape index (κ3) is 4.92. The van der Waals surface area contributed by atoms with E-state index in [9.17, 15) is 0 Å². The van der Waals surface area contributed by atoms with Crippen molar-refractivity contribution in [1.29, 1.82) is 0 Å². The van der Waals surface area contributed by atoms with Crippen molar-refractivity contribution in [2.45, 2.75) is 5.41 Å². The summed E-state index contributed by atoms with van der Waals surface area (Å²) in [6.07, 6.45) is 0. The first-order chi connectivity index (χ1) is 28.7. The molecule has 2 heteroatoms. The maximum absolute atomic E-state index is 5.09. The highest BCUT2D eigenvalue weighted by atomic mass is 32.1. The third-order valence-corrected chi connectivity index (χ3v) is 13.5. The van der Waals surface area contributed by atoms with Gasteiger partial charge < -0.3 is 0 Å². The highest BCUT2D eigenvalue weighted by Gasteiger charge is 2.46. The second-order valence-electron chi connectivity index (χ2n) is 15.4. The highest BCUT2D eigenvalue weighted by Crippen LogP contribution is 2.58. The molecule has 0 aliphatic heterocycles. The van der Waals surface area contributed by atoms with Gasteiger partial charge in [-0.05, 0) is 107 Å². The lowest BCUT2D eigenvalue weighted by molar-refractivity contribution is 0.769. The van der Waals surface area contributed by atoms with E-state index in [1.54, 1.807) is 11.3 Å². The Morgan fingerprint density at radius 1 is 0.379 bits per heavy atom. The standard InChI is InChI=1S/C56H35NS/c1-4-14-39(15-5-1)55-57-51-32-29-38-25-23-37-24-26-42(34-48(37)52(38)54(51)58-55)40-16-12-17-41(33-40)43-27-30-47-50(35-43)56(44-18-6-2-7-19-44,45-20-8-3-9-21-45)49-31-28-36-13-10-11-22-46(36)53(47)49/h1-35H. The first kappa shape index (κ1) is 33.1. The Bertz CT molecular complexity index is 3340. The minimum Gasteiger partial charge on any atom is -0.236 e. The van der Waals surface area contributed by atoms with E-state index in [4.69, 9.17) is 4.98 Å². The SMILES string of the molecule is c1ccc(-c2nc3ccc4ccc5ccc(-c6cccc(-c7ccc8c(c7)C(c7ccccc7)(c7ccccc7)c7ccc9ccccc9c7-8)c6)cc5c4c3s2)cc1. The minimum atomic E-state index is -0.480. The molecule has 0 atom stereocenters. The Labute approximate surface area is 341 Å². The number of benzene rings is 10. The van der Waals surface area contributed by atoms with Crippen LogP contribution in [0.4, 0.5) is 0 Å². The van der Waals surface area contributed by atoms with Crippen LogP contribution in [0.1, 0.15) is 22.3 Å². The molecule has 12 rings (SSSR count). The molecule has 58 heavy (non-hydrogen) atoms. The zero-order valence-electron chi connectivity index (χ0n) is 31.6. The van der Waals surface area contributed by atoms with E-state index in [1.165, 1.54) is 92.7 Å². The second-order valence-corrected chi connectivity index (χ2v) is 16.4. The van der Waals surface area contributed by atoms with E-state index < -0.39 is 5.41 Å². The first-order valence-electron chi connectivity index (χ1n) is 19.9. The number of hydrogen-bond donors (Lipinski definition) is 0. The summed E-state index contributed by atoms with van der Waals surface area (Å²) in [7, 11) is 0. The number of nitrogens with zero attached hydrogens (tertiary/aromatic N) is 1. The summed E-state index contributed by atoms with van der Waals surface area (Å²) >= 11 is 1.79. The normalized spacial score (nSPS) is 13.0. The topological polar surface area (TPSA) is 12.9 Å². The maximum atomic E-state index is 5.09. The van der Waals surface area contributed by atoms with Gasteiger partial charge in [0, 0.05) is 10.9 Å². The van der Waals surface area contributed by atoms with Crippen LogP contribution in [-0.2, 0) is 5.41 Å². The van der Waals surface area contributed by atoms with Crippen molar-refractivity contribution < 1.29 is 0 Å². The summed E-state index contributed by atoms with van der Waals surface area (Å²) in [5, 5.41) is 8.61. The van der Waals surface area contributed by atoms with Crippen LogP contribution in [-0.4, -0.2) is 4.98 Å². The van der Waals surface area contributed by atoms with Crippen LogP contribution < -0.4 is 0 Å². The van der Waals surface area contributed by atoms with Gasteiger partial charge in [0.05, 0.1) is 15.6 Å². The predicted octanol–water partition coefficient (Wildman–Crippen LogP) is 15.1. The maximum Gasteiger partial charge on any atom is 0.124 e. The van der Waals surface area contributed by atoms with Crippen molar-refractivity contribution in [3.05, 3.63) is 235 Å². The molecule has 1 heterocycles. The molecule has 0 saturated carbocycles. The van der Waals surface area contributed by atoms with Gasteiger partial charge >= 0.3 is 0 Å². The Kier molecular flexibility index (Phi) is 7.38. The number of thiazole rings is 1. The van der Waals surface area contributed by atoms with Gasteiger partial charge in [-0.15, -0.1) is 11.3 Å². The van der Waals surface area contributed by atoms with Gasteiger partial charge in [-0.25, -0.2) is 4.98 Å². The van der Waals surface area contributed by atoms with Crippen LogP contribution in [0.3, 0.4) is 0 Å². The second kappa shape index (κ2) is 13.0. The van der Waals surface area contributed by atoms with Gasteiger partial charge in [0.15, 0.2) is 0 Å². The first-order valence-corrected chi connectivity index (χ1v) is 20.8. The molecule has 0 saturated heterocycles. The van der Waals surface area contributed by atoms with E-state index in [0.29, 0.717) is 0 Å². The van der Waals surface area contributed by atoms with Crippen molar-refractivity contribution in [2.75, 3.05) is 0 Å². The fraction of sp³-hybridized carbons (Fsp3) is 0.0179. The average molecular weight is 754 g/mol. The van der Waals surface area contributed by atoms with Crippen molar-refractivity contribution in [3.63, 3.8) is 0 Å². The molecule has 0 amide bonds. The van der Waals surface area contributed by atoms with Gasteiger partial charge in [0.1, 0.15) is 5.01 Å². The fourth-order valence-electron chi connectivity index (χ4n) is 9.72. The number of fused-ring (bicyclic) bond motifs is 10. The predicted molar refractivity (Wildman–Crippen MR) is 246 cm³/mol. The number of rotatable bonds is 5. The molecule has 0 fully saturated rings. The molecule has 0 unspecified atom stereocenters. The van der Waals surface area contributed by atoms with E-state index in [0.717, 1.165) is 16.1 Å². The van der Waals surface area contributed by atoms with Gasteiger partial charge in [0.2, 0.25) is 0 Å². The van der Waals surface area contributed by atoms with Crippen molar-refractivity contribution in [3.8, 4) is 44.0 Å². The van der Waals surface area contributed by atoms with Crippen LogP contribution in [0.25, 0.3) is 86.5 Å². The Balaban J connectivity index is 1.04. The number of aromatic nitrogens is 1. The van der Waals surface area contributed by atoms with E-state index in [2.05, 4.69) is 212 Å². The molecule has 0 spiro atoms. The molecule has 1 aromatic heterocycles. The van der Waals surface area contributed by atoms with E-state index in [1.807, 2.05) is 0 Å². The summed E-state index contributed by atoms with van der Waals surface area (Å²) in [6.45, 7) is 0. The molecule has 10 aromatic carbocycles. The van der Waals surface area contributed by atoms with Crippen LogP contribution in [0, 0.1) is 0 Å². The summed E-state index contributed by atoms with van der Waals surface area (Å²) < 4.78 is 1.24. The molecular weight excluding hydrogens is 719 g/mol. The van der Waals surface area contributed by atoms with Crippen LogP contribution >= 0.6 is 11.3 Å². The Morgan fingerprint density at radius 2 is 0.948 bits per heavy atom. The largest absolute Gasteiger partial charge is 0.236 e. The lowest BCUT2D eigenvalue weighted by Gasteiger charge is -2.34. The molecule has 1 nitrogen and oxygen atoms in total. The summed E-state index contributed by atoms with van der Waals surface area (Å²) in [5.74, 6) is 0. The van der Waals surface area contributed by atoms with E-state index in [-0.39, 0.29) is 0 Å². The third-order valence-electron chi connectivity index (χ3n) is 12.3. The molecule has 1 aliphatic rings. The van der Waals surface area contributed by atoms with Gasteiger partial charge in [-0.2, -0.15) is 0 Å². The molecule has 11 aromatic rings. The van der Waals surface area contributed by atoms with Gasteiger partial charge in [-0.3, -0.25) is 0 Å². The Hall–Kier alpha value is -7.13. The molecule has 1 aliphatic carbocycles. The lowest BCUT2D eigenvalue weighted by atomic mass is 9.67. The van der Waals surface area contributed by atoms with Gasteiger partial charge in [-0.1, -0.05) is 188 Å². The van der Waals surface area contributed by atoms with Crippen molar-refractivity contribution >= 4 is 53.9 Å². The molecule has 0 radical (unpaired) electrons. The highest BCUT2D eigenvalue weighted by molar-refractivity contribution is 7.22. The van der Waals surface area contributed by atoms with Crippen LogP contribution in [0.5, 0.6) is 0 Å². The summed E-state index contributed by atoms with van der Waals surface area (Å²) in [4.78, 5) is 5.09. The number of hydrogen-bond acceptors (Lipinski definition) is 2. The quantitative estimate of drug-likeness (QED) is 0.160. The average Bonchev–Trinajstić information content (AvgIpc) is 3.88. The molecule has 0 bridgehead atoms. The molecule has 270 valence electrons. The Morgan fingerprint density at radius 3 is 1.72 bits per heavy atom. The van der Waals surface area contributed by atoms with Crippen LogP contribution in [0.2, 0.25) is 0 Å². The van der Waals surface area contributed by atoms with E-state index >= 15 is 0 Å². The van der Waals surface area contributed by atoms with Crippen LogP contribution in [0.15, 0.2) is 212 Å². The van der Waals surface area contributed by atoms with Crippen molar-refractivity contribution in [1.82, 2.24) is 4.98 Å². The summed E-state index contributed by atoms with van der Waals surface area (Å²) in [5.41, 5.74) is 14.4. The zero-order chi connectivity index (χ0) is 38.2. The molecular formula is C56H35NS.